The fraction of sp³-hybridized carbons (Fsp3) is 0.278. The SMILES string of the molecule is CCC(C(=O)Nc1ccc(F)c(Cl)c1)N(c1cc(Cl)ccc1C)S(C)(=O)=O. The van der Waals surface area contributed by atoms with E-state index >= 15 is 0 Å². The van der Waals surface area contributed by atoms with Crippen molar-refractivity contribution in [2.24, 2.45) is 0 Å². The predicted molar refractivity (Wildman–Crippen MR) is 108 cm³/mol. The van der Waals surface area contributed by atoms with Gasteiger partial charge in [-0.25, -0.2) is 12.8 Å². The highest BCUT2D eigenvalue weighted by Crippen LogP contribution is 2.30. The predicted octanol–water partition coefficient (Wildman–Crippen LogP) is 4.62. The topological polar surface area (TPSA) is 66.5 Å². The summed E-state index contributed by atoms with van der Waals surface area (Å²) in [7, 11) is -3.79. The number of rotatable bonds is 6. The molecule has 1 amide bonds. The molecule has 1 atom stereocenters. The van der Waals surface area contributed by atoms with E-state index in [4.69, 9.17) is 23.2 Å². The number of carbonyl (C=O) groups is 1. The van der Waals surface area contributed by atoms with Crippen molar-refractivity contribution < 1.29 is 17.6 Å². The van der Waals surface area contributed by atoms with E-state index in [2.05, 4.69) is 5.32 Å². The van der Waals surface area contributed by atoms with E-state index in [1.807, 2.05) is 0 Å². The Kier molecular flexibility index (Phi) is 6.72. The van der Waals surface area contributed by atoms with Crippen molar-refractivity contribution in [1.82, 2.24) is 0 Å². The average molecular weight is 433 g/mol. The molecule has 0 saturated carbocycles. The number of carbonyl (C=O) groups excluding carboxylic acids is 1. The lowest BCUT2D eigenvalue weighted by Gasteiger charge is -2.31. The van der Waals surface area contributed by atoms with Crippen LogP contribution in [0.2, 0.25) is 10.0 Å². The Morgan fingerprint density at radius 2 is 1.89 bits per heavy atom. The van der Waals surface area contributed by atoms with Gasteiger partial charge in [0.1, 0.15) is 11.9 Å². The van der Waals surface area contributed by atoms with Crippen LogP contribution in [-0.2, 0) is 14.8 Å². The molecule has 0 radical (unpaired) electrons. The molecule has 0 fully saturated rings. The zero-order valence-corrected chi connectivity index (χ0v) is 17.3. The first-order valence-corrected chi connectivity index (χ1v) is 10.7. The van der Waals surface area contributed by atoms with Crippen LogP contribution in [0, 0.1) is 12.7 Å². The number of anilines is 2. The summed E-state index contributed by atoms with van der Waals surface area (Å²) in [6.07, 6.45) is 1.23. The van der Waals surface area contributed by atoms with Crippen LogP contribution in [0.4, 0.5) is 15.8 Å². The van der Waals surface area contributed by atoms with Gasteiger partial charge in [-0.1, -0.05) is 36.2 Å². The number of aryl methyl sites for hydroxylation is 1. The second kappa shape index (κ2) is 8.46. The molecular weight excluding hydrogens is 414 g/mol. The van der Waals surface area contributed by atoms with E-state index < -0.39 is 27.8 Å². The lowest BCUT2D eigenvalue weighted by molar-refractivity contribution is -0.117. The molecule has 146 valence electrons. The number of halogens is 3. The number of hydrogen-bond acceptors (Lipinski definition) is 3. The van der Waals surface area contributed by atoms with Gasteiger partial charge in [0.2, 0.25) is 15.9 Å². The Bertz CT molecular complexity index is 967. The van der Waals surface area contributed by atoms with Crippen molar-refractivity contribution in [3.63, 3.8) is 0 Å². The highest BCUT2D eigenvalue weighted by molar-refractivity contribution is 7.92. The highest BCUT2D eigenvalue weighted by atomic mass is 35.5. The third-order valence-electron chi connectivity index (χ3n) is 3.93. The van der Waals surface area contributed by atoms with E-state index in [-0.39, 0.29) is 17.1 Å². The molecule has 0 aromatic heterocycles. The Morgan fingerprint density at radius 1 is 1.22 bits per heavy atom. The quantitative estimate of drug-likeness (QED) is 0.723. The molecule has 5 nitrogen and oxygen atoms in total. The largest absolute Gasteiger partial charge is 0.324 e. The minimum atomic E-state index is -3.79. The minimum Gasteiger partial charge on any atom is -0.324 e. The number of nitrogens with one attached hydrogen (secondary N) is 1. The molecular formula is C18H19Cl2FN2O3S. The van der Waals surface area contributed by atoms with Crippen molar-refractivity contribution in [2.45, 2.75) is 26.3 Å². The third-order valence-corrected chi connectivity index (χ3v) is 5.62. The van der Waals surface area contributed by atoms with Crippen molar-refractivity contribution >= 4 is 50.5 Å². The summed E-state index contributed by atoms with van der Waals surface area (Å²) >= 11 is 11.8. The van der Waals surface area contributed by atoms with Gasteiger partial charge in [0, 0.05) is 10.7 Å². The normalized spacial score (nSPS) is 12.5. The van der Waals surface area contributed by atoms with E-state index in [9.17, 15) is 17.6 Å². The Hall–Kier alpha value is -1.83. The van der Waals surface area contributed by atoms with E-state index in [1.54, 1.807) is 26.0 Å². The van der Waals surface area contributed by atoms with E-state index in [1.165, 1.54) is 18.2 Å². The summed E-state index contributed by atoms with van der Waals surface area (Å²) in [5.74, 6) is -1.18. The van der Waals surface area contributed by atoms with Crippen LogP contribution >= 0.6 is 23.2 Å². The van der Waals surface area contributed by atoms with E-state index in [0.717, 1.165) is 16.6 Å². The van der Waals surface area contributed by atoms with E-state index in [0.29, 0.717) is 16.3 Å². The molecule has 2 aromatic carbocycles. The summed E-state index contributed by atoms with van der Waals surface area (Å²) in [6, 6.07) is 7.53. The van der Waals surface area contributed by atoms with Gasteiger partial charge in [0.25, 0.3) is 0 Å². The Morgan fingerprint density at radius 3 is 2.44 bits per heavy atom. The van der Waals surface area contributed by atoms with Crippen molar-refractivity contribution in [2.75, 3.05) is 15.9 Å². The number of sulfonamides is 1. The second-order valence-electron chi connectivity index (χ2n) is 6.03. The summed E-state index contributed by atoms with van der Waals surface area (Å²) < 4.78 is 39.3. The molecule has 2 rings (SSSR count). The van der Waals surface area contributed by atoms with Gasteiger partial charge in [-0.15, -0.1) is 0 Å². The maximum Gasteiger partial charge on any atom is 0.248 e. The summed E-state index contributed by atoms with van der Waals surface area (Å²) in [5.41, 5.74) is 1.24. The Labute approximate surface area is 168 Å². The van der Waals surface area contributed by atoms with Crippen LogP contribution in [0.1, 0.15) is 18.9 Å². The molecule has 27 heavy (non-hydrogen) atoms. The molecule has 0 aliphatic rings. The maximum absolute atomic E-state index is 13.3. The van der Waals surface area contributed by atoms with Crippen LogP contribution in [0.3, 0.4) is 0 Å². The standard InChI is InChI=1S/C18H19Cl2FN2O3S/c1-4-16(18(24)22-13-7-8-15(21)14(20)10-13)23(27(3,25)26)17-9-12(19)6-5-11(17)2/h5-10,16H,4H2,1-3H3,(H,22,24). The van der Waals surface area contributed by atoms with Gasteiger partial charge in [-0.05, 0) is 49.2 Å². The molecule has 0 bridgehead atoms. The molecule has 2 aromatic rings. The van der Waals surface area contributed by atoms with Gasteiger partial charge < -0.3 is 5.32 Å². The second-order valence-corrected chi connectivity index (χ2v) is 8.73. The Balaban J connectivity index is 2.44. The van der Waals surface area contributed by atoms with Crippen LogP contribution < -0.4 is 9.62 Å². The van der Waals surface area contributed by atoms with Gasteiger partial charge in [0.05, 0.1) is 17.0 Å². The lowest BCUT2D eigenvalue weighted by atomic mass is 10.1. The summed E-state index contributed by atoms with van der Waals surface area (Å²) in [4.78, 5) is 12.8. The smallest absolute Gasteiger partial charge is 0.248 e. The fourth-order valence-corrected chi connectivity index (χ4v) is 4.26. The van der Waals surface area contributed by atoms with Gasteiger partial charge in [-0.3, -0.25) is 9.10 Å². The molecule has 1 N–H and O–H groups in total. The van der Waals surface area contributed by atoms with Crippen molar-refractivity contribution in [3.8, 4) is 0 Å². The molecule has 0 aliphatic heterocycles. The van der Waals surface area contributed by atoms with Crippen molar-refractivity contribution in [3.05, 3.63) is 57.8 Å². The molecule has 0 aliphatic carbocycles. The fourth-order valence-electron chi connectivity index (χ4n) is 2.65. The van der Waals surface area contributed by atoms with Crippen molar-refractivity contribution in [1.29, 1.82) is 0 Å². The monoisotopic (exact) mass is 432 g/mol. The first kappa shape index (κ1) is 21.5. The van der Waals surface area contributed by atoms with Gasteiger partial charge in [-0.2, -0.15) is 0 Å². The van der Waals surface area contributed by atoms with Gasteiger partial charge >= 0.3 is 0 Å². The maximum atomic E-state index is 13.3. The summed E-state index contributed by atoms with van der Waals surface area (Å²) in [5, 5.41) is 2.79. The summed E-state index contributed by atoms with van der Waals surface area (Å²) in [6.45, 7) is 3.42. The number of benzene rings is 2. The van der Waals surface area contributed by atoms with Crippen LogP contribution in [0.25, 0.3) is 0 Å². The number of hydrogen-bond donors (Lipinski definition) is 1. The van der Waals surface area contributed by atoms with Crippen LogP contribution in [-0.4, -0.2) is 26.6 Å². The minimum absolute atomic E-state index is 0.147. The molecule has 0 saturated heterocycles. The highest BCUT2D eigenvalue weighted by Gasteiger charge is 2.32. The average Bonchev–Trinajstić information content (AvgIpc) is 2.57. The lowest BCUT2D eigenvalue weighted by Crippen LogP contribution is -2.47. The first-order chi connectivity index (χ1) is 12.5. The molecule has 0 spiro atoms. The third kappa shape index (κ3) is 5.12. The molecule has 9 heteroatoms. The van der Waals surface area contributed by atoms with Gasteiger partial charge in [0.15, 0.2) is 0 Å². The molecule has 1 unspecified atom stereocenters. The first-order valence-electron chi connectivity index (χ1n) is 8.06. The number of nitrogens with zero attached hydrogens (tertiary/aromatic N) is 1. The van der Waals surface area contributed by atoms with Crippen LogP contribution in [0.15, 0.2) is 36.4 Å². The van der Waals surface area contributed by atoms with Crippen LogP contribution in [0.5, 0.6) is 0 Å². The number of amides is 1. The zero-order valence-electron chi connectivity index (χ0n) is 15.0. The molecule has 0 heterocycles. The zero-order chi connectivity index (χ0) is 20.4.